The summed E-state index contributed by atoms with van der Waals surface area (Å²) in [6.07, 6.45) is 0. The summed E-state index contributed by atoms with van der Waals surface area (Å²) < 4.78 is 16.1. The Kier molecular flexibility index (Phi) is 6.57. The normalized spacial score (nSPS) is 10.9. The number of nitrogens with one attached hydrogen (secondary N) is 1. The number of hydrogen-bond acceptors (Lipinski definition) is 5. The first-order chi connectivity index (χ1) is 15.6. The van der Waals surface area contributed by atoms with Gasteiger partial charge in [0.25, 0.3) is 0 Å². The van der Waals surface area contributed by atoms with Gasteiger partial charge in [-0.25, -0.2) is 4.98 Å². The van der Waals surface area contributed by atoms with Crippen LogP contribution in [0.15, 0.2) is 66.7 Å². The van der Waals surface area contributed by atoms with E-state index in [1.54, 1.807) is 21.3 Å². The van der Waals surface area contributed by atoms with E-state index in [4.69, 9.17) is 19.2 Å². The van der Waals surface area contributed by atoms with Crippen LogP contribution in [-0.2, 0) is 13.1 Å². The largest absolute Gasteiger partial charge is 0.497 e. The van der Waals surface area contributed by atoms with E-state index >= 15 is 0 Å². The maximum absolute atomic E-state index is 5.42. The van der Waals surface area contributed by atoms with Crippen LogP contribution in [0.25, 0.3) is 22.2 Å². The Hall–Kier alpha value is -3.57. The van der Waals surface area contributed by atoms with Crippen molar-refractivity contribution >= 4 is 10.9 Å². The van der Waals surface area contributed by atoms with Crippen molar-refractivity contribution in [1.29, 1.82) is 0 Å². The van der Waals surface area contributed by atoms with Gasteiger partial charge in [0.2, 0.25) is 0 Å². The monoisotopic (exact) mass is 428 g/mol. The lowest BCUT2D eigenvalue weighted by atomic mass is 10.0. The van der Waals surface area contributed by atoms with Crippen molar-refractivity contribution in [2.24, 2.45) is 0 Å². The minimum absolute atomic E-state index is 0.687. The number of fused-ring (bicyclic) bond motifs is 1. The van der Waals surface area contributed by atoms with E-state index in [0.717, 1.165) is 50.5 Å². The summed E-state index contributed by atoms with van der Waals surface area (Å²) in [5.41, 5.74) is 6.51. The lowest BCUT2D eigenvalue weighted by Gasteiger charge is -2.14. The third-order valence-electron chi connectivity index (χ3n) is 5.51. The molecule has 1 heterocycles. The van der Waals surface area contributed by atoms with Gasteiger partial charge < -0.3 is 19.5 Å². The number of nitrogens with zero attached hydrogens (tertiary/aromatic N) is 1. The van der Waals surface area contributed by atoms with Crippen LogP contribution in [0, 0.1) is 6.92 Å². The molecule has 0 aliphatic rings. The number of pyridine rings is 1. The summed E-state index contributed by atoms with van der Waals surface area (Å²) in [6, 6.07) is 22.6. The fourth-order valence-electron chi connectivity index (χ4n) is 3.79. The molecular formula is C27H28N2O3. The third kappa shape index (κ3) is 4.68. The molecule has 0 spiro atoms. The molecule has 1 aromatic heterocycles. The first-order valence-corrected chi connectivity index (χ1v) is 10.6. The molecule has 0 fully saturated rings. The number of aromatic nitrogens is 1. The van der Waals surface area contributed by atoms with Crippen molar-refractivity contribution in [3.63, 3.8) is 0 Å². The maximum Gasteiger partial charge on any atom is 0.161 e. The van der Waals surface area contributed by atoms with Crippen molar-refractivity contribution in [2.45, 2.75) is 20.0 Å². The molecule has 0 saturated carbocycles. The van der Waals surface area contributed by atoms with Gasteiger partial charge >= 0.3 is 0 Å². The van der Waals surface area contributed by atoms with E-state index in [0.29, 0.717) is 13.1 Å². The van der Waals surface area contributed by atoms with Crippen LogP contribution < -0.4 is 19.5 Å². The Balaban J connectivity index is 1.62. The number of methoxy groups -OCH3 is 3. The Bertz CT molecular complexity index is 1220. The fourth-order valence-corrected chi connectivity index (χ4v) is 3.79. The minimum Gasteiger partial charge on any atom is -0.497 e. The smallest absolute Gasteiger partial charge is 0.161 e. The van der Waals surface area contributed by atoms with E-state index in [1.165, 1.54) is 5.56 Å². The Morgan fingerprint density at radius 1 is 0.750 bits per heavy atom. The molecule has 0 aliphatic heterocycles. The molecule has 0 atom stereocenters. The van der Waals surface area contributed by atoms with Crippen LogP contribution in [0.4, 0.5) is 0 Å². The van der Waals surface area contributed by atoms with Gasteiger partial charge in [0, 0.05) is 24.0 Å². The van der Waals surface area contributed by atoms with Gasteiger partial charge in [-0.1, -0.05) is 18.2 Å². The molecule has 0 radical (unpaired) electrons. The molecular weight excluding hydrogens is 400 g/mol. The Labute approximate surface area is 189 Å². The van der Waals surface area contributed by atoms with E-state index in [9.17, 15) is 0 Å². The quantitative estimate of drug-likeness (QED) is 0.400. The fraction of sp³-hybridized carbons (Fsp3) is 0.222. The number of ether oxygens (including phenoxy) is 3. The van der Waals surface area contributed by atoms with Gasteiger partial charge in [-0.15, -0.1) is 0 Å². The zero-order valence-electron chi connectivity index (χ0n) is 18.9. The molecule has 0 saturated heterocycles. The van der Waals surface area contributed by atoms with Crippen molar-refractivity contribution in [3.05, 3.63) is 83.4 Å². The standard InChI is InChI=1S/C27H28N2O3/c1-18-5-7-21-15-22(17-28-16-19-6-12-25(31-3)26(14-19)32-4)27(29-24(21)13-18)20-8-10-23(30-2)11-9-20/h5-15,28H,16-17H2,1-4H3. The molecule has 0 bridgehead atoms. The molecule has 164 valence electrons. The van der Waals surface area contributed by atoms with E-state index in [2.05, 4.69) is 48.6 Å². The molecule has 0 unspecified atom stereocenters. The highest BCUT2D eigenvalue weighted by Gasteiger charge is 2.11. The van der Waals surface area contributed by atoms with Gasteiger partial charge in [-0.3, -0.25) is 0 Å². The number of rotatable bonds is 8. The average molecular weight is 429 g/mol. The highest BCUT2D eigenvalue weighted by atomic mass is 16.5. The van der Waals surface area contributed by atoms with Crippen LogP contribution in [0.3, 0.4) is 0 Å². The summed E-state index contributed by atoms with van der Waals surface area (Å²) in [5, 5.41) is 4.69. The van der Waals surface area contributed by atoms with Crippen LogP contribution in [-0.4, -0.2) is 26.3 Å². The molecule has 5 nitrogen and oxygen atoms in total. The zero-order valence-corrected chi connectivity index (χ0v) is 18.9. The zero-order chi connectivity index (χ0) is 22.5. The lowest BCUT2D eigenvalue weighted by Crippen LogP contribution is -2.14. The highest BCUT2D eigenvalue weighted by molar-refractivity contribution is 5.84. The van der Waals surface area contributed by atoms with Gasteiger partial charge in [0.15, 0.2) is 11.5 Å². The van der Waals surface area contributed by atoms with Gasteiger partial charge in [0.1, 0.15) is 5.75 Å². The van der Waals surface area contributed by atoms with Crippen molar-refractivity contribution in [1.82, 2.24) is 10.3 Å². The predicted molar refractivity (Wildman–Crippen MR) is 129 cm³/mol. The summed E-state index contributed by atoms with van der Waals surface area (Å²) in [7, 11) is 4.97. The Morgan fingerprint density at radius 2 is 1.53 bits per heavy atom. The molecule has 32 heavy (non-hydrogen) atoms. The summed E-state index contributed by atoms with van der Waals surface area (Å²) in [6.45, 7) is 3.48. The summed E-state index contributed by atoms with van der Waals surface area (Å²) in [4.78, 5) is 5.02. The highest BCUT2D eigenvalue weighted by Crippen LogP contribution is 2.29. The Morgan fingerprint density at radius 3 is 2.25 bits per heavy atom. The van der Waals surface area contributed by atoms with Crippen molar-refractivity contribution in [3.8, 4) is 28.5 Å². The number of aryl methyl sites for hydroxylation is 1. The third-order valence-corrected chi connectivity index (χ3v) is 5.51. The van der Waals surface area contributed by atoms with E-state index in [-0.39, 0.29) is 0 Å². The van der Waals surface area contributed by atoms with Crippen molar-refractivity contribution < 1.29 is 14.2 Å². The summed E-state index contributed by atoms with van der Waals surface area (Å²) >= 11 is 0. The molecule has 5 heteroatoms. The van der Waals surface area contributed by atoms with Gasteiger partial charge in [-0.05, 0) is 72.1 Å². The van der Waals surface area contributed by atoms with Crippen molar-refractivity contribution in [2.75, 3.05) is 21.3 Å². The maximum atomic E-state index is 5.42. The number of benzene rings is 3. The number of hydrogen-bond donors (Lipinski definition) is 1. The topological polar surface area (TPSA) is 52.6 Å². The second-order valence-corrected chi connectivity index (χ2v) is 7.71. The molecule has 0 amide bonds. The molecule has 4 rings (SSSR count). The minimum atomic E-state index is 0.687. The lowest BCUT2D eigenvalue weighted by molar-refractivity contribution is 0.354. The predicted octanol–water partition coefficient (Wildman–Crippen LogP) is 5.53. The first-order valence-electron chi connectivity index (χ1n) is 10.6. The van der Waals surface area contributed by atoms with Crippen LogP contribution in [0.1, 0.15) is 16.7 Å². The van der Waals surface area contributed by atoms with E-state index < -0.39 is 0 Å². The SMILES string of the molecule is COc1ccc(-c2nc3cc(C)ccc3cc2CNCc2ccc(OC)c(OC)c2)cc1. The summed E-state index contributed by atoms with van der Waals surface area (Å²) in [5.74, 6) is 2.29. The molecule has 4 aromatic rings. The van der Waals surface area contributed by atoms with Gasteiger partial charge in [-0.2, -0.15) is 0 Å². The molecule has 3 aromatic carbocycles. The first kappa shape index (κ1) is 21.7. The van der Waals surface area contributed by atoms with Gasteiger partial charge in [0.05, 0.1) is 32.5 Å². The van der Waals surface area contributed by atoms with Crippen LogP contribution in [0.5, 0.6) is 17.2 Å². The molecule has 1 N–H and O–H groups in total. The average Bonchev–Trinajstić information content (AvgIpc) is 2.83. The second kappa shape index (κ2) is 9.71. The molecule has 0 aliphatic carbocycles. The second-order valence-electron chi connectivity index (χ2n) is 7.71. The van der Waals surface area contributed by atoms with E-state index in [1.807, 2.05) is 30.3 Å². The van der Waals surface area contributed by atoms with Crippen LogP contribution >= 0.6 is 0 Å². The van der Waals surface area contributed by atoms with Crippen LogP contribution in [0.2, 0.25) is 0 Å².